The van der Waals surface area contributed by atoms with Crippen molar-refractivity contribution < 1.29 is 0 Å². The van der Waals surface area contributed by atoms with Crippen molar-refractivity contribution in [3.05, 3.63) is 46.8 Å². The largest absolute Gasteiger partial charge is 0.140 e. The van der Waals surface area contributed by atoms with Gasteiger partial charge in [0, 0.05) is 9.75 Å². The van der Waals surface area contributed by atoms with Gasteiger partial charge >= 0.3 is 0 Å². The van der Waals surface area contributed by atoms with Crippen molar-refractivity contribution >= 4 is 11.3 Å². The summed E-state index contributed by atoms with van der Waals surface area (Å²) in [6.45, 7) is 0. The van der Waals surface area contributed by atoms with Gasteiger partial charge in [0.2, 0.25) is 0 Å². The Bertz CT molecular complexity index is 430. The summed E-state index contributed by atoms with van der Waals surface area (Å²) in [4.78, 5) is 3.07. The minimum absolute atomic E-state index is 1.29. The molecule has 3 rings (SSSR count). The van der Waals surface area contributed by atoms with Gasteiger partial charge in [-0.3, -0.25) is 0 Å². The van der Waals surface area contributed by atoms with Crippen molar-refractivity contribution in [1.82, 2.24) is 0 Å². The van der Waals surface area contributed by atoms with Crippen molar-refractivity contribution in [2.75, 3.05) is 0 Å². The molecule has 0 nitrogen and oxygen atoms in total. The lowest BCUT2D eigenvalue weighted by atomic mass is 9.99. The second-order valence-electron chi connectivity index (χ2n) is 4.13. The number of fused-ring (bicyclic) bond motifs is 1. The first-order valence-electron chi connectivity index (χ1n) is 5.60. The molecule has 0 saturated carbocycles. The molecular formula is C14H14S. The lowest BCUT2D eigenvalue weighted by Gasteiger charge is -2.08. The molecule has 0 fully saturated rings. The molecule has 1 aromatic carbocycles. The van der Waals surface area contributed by atoms with E-state index < -0.39 is 0 Å². The minimum atomic E-state index is 1.29. The molecule has 1 heteroatoms. The monoisotopic (exact) mass is 214 g/mol. The van der Waals surface area contributed by atoms with Crippen LogP contribution >= 0.6 is 11.3 Å². The van der Waals surface area contributed by atoms with Gasteiger partial charge in [-0.25, -0.2) is 0 Å². The van der Waals surface area contributed by atoms with E-state index in [4.69, 9.17) is 0 Å². The van der Waals surface area contributed by atoms with Crippen LogP contribution in [0, 0.1) is 0 Å². The van der Waals surface area contributed by atoms with Crippen LogP contribution in [0.5, 0.6) is 0 Å². The molecule has 0 N–H and O–H groups in total. The predicted octanol–water partition coefficient (Wildman–Crippen LogP) is 4.29. The van der Waals surface area contributed by atoms with Crippen LogP contribution in [0.1, 0.15) is 23.3 Å². The smallest absolute Gasteiger partial charge is 0.0348 e. The Hall–Kier alpha value is -1.08. The van der Waals surface area contributed by atoms with Crippen molar-refractivity contribution in [2.24, 2.45) is 0 Å². The highest BCUT2D eigenvalue weighted by atomic mass is 32.1. The maximum atomic E-state index is 2.40. The molecule has 1 heterocycles. The Morgan fingerprint density at radius 2 is 1.73 bits per heavy atom. The first kappa shape index (κ1) is 9.17. The topological polar surface area (TPSA) is 0 Å². The molecule has 15 heavy (non-hydrogen) atoms. The van der Waals surface area contributed by atoms with Gasteiger partial charge in [-0.15, -0.1) is 11.3 Å². The van der Waals surface area contributed by atoms with Gasteiger partial charge in [-0.05, 0) is 42.9 Å². The Balaban J connectivity index is 2.03. The third-order valence-corrected chi connectivity index (χ3v) is 4.34. The fourth-order valence-corrected chi connectivity index (χ4v) is 3.49. The van der Waals surface area contributed by atoms with Crippen LogP contribution in [-0.2, 0) is 12.8 Å². The molecule has 0 bridgehead atoms. The van der Waals surface area contributed by atoms with Crippen molar-refractivity contribution in [2.45, 2.75) is 25.7 Å². The van der Waals surface area contributed by atoms with Gasteiger partial charge in [-0.1, -0.05) is 30.3 Å². The van der Waals surface area contributed by atoms with Crippen LogP contribution in [0.2, 0.25) is 0 Å². The molecule has 1 aliphatic carbocycles. The van der Waals surface area contributed by atoms with Gasteiger partial charge in [0.15, 0.2) is 0 Å². The first-order valence-corrected chi connectivity index (χ1v) is 6.42. The van der Waals surface area contributed by atoms with E-state index in [-0.39, 0.29) is 0 Å². The molecule has 0 saturated heterocycles. The van der Waals surface area contributed by atoms with Crippen molar-refractivity contribution in [3.8, 4) is 10.4 Å². The zero-order chi connectivity index (χ0) is 10.1. The third-order valence-electron chi connectivity index (χ3n) is 3.05. The molecule has 0 unspecified atom stereocenters. The summed E-state index contributed by atoms with van der Waals surface area (Å²) < 4.78 is 0. The number of hydrogen-bond donors (Lipinski definition) is 0. The molecule has 0 spiro atoms. The van der Waals surface area contributed by atoms with E-state index in [1.807, 2.05) is 11.3 Å². The maximum absolute atomic E-state index is 2.40. The molecular weight excluding hydrogens is 200 g/mol. The summed E-state index contributed by atoms with van der Waals surface area (Å²) in [5, 5.41) is 0. The number of aryl methyl sites for hydroxylation is 2. The van der Waals surface area contributed by atoms with E-state index in [0.29, 0.717) is 0 Å². The summed E-state index contributed by atoms with van der Waals surface area (Å²) in [6, 6.07) is 13.1. The molecule has 0 aliphatic heterocycles. The van der Waals surface area contributed by atoms with E-state index in [2.05, 4.69) is 36.4 Å². The second-order valence-corrected chi connectivity index (χ2v) is 5.27. The lowest BCUT2D eigenvalue weighted by Crippen LogP contribution is -1.96. The maximum Gasteiger partial charge on any atom is 0.0348 e. The number of thiophene rings is 1. The Morgan fingerprint density at radius 1 is 0.933 bits per heavy atom. The summed E-state index contributed by atoms with van der Waals surface area (Å²) in [5.41, 5.74) is 2.97. The van der Waals surface area contributed by atoms with Crippen LogP contribution in [0.25, 0.3) is 10.4 Å². The number of benzene rings is 1. The summed E-state index contributed by atoms with van der Waals surface area (Å²) in [7, 11) is 0. The highest BCUT2D eigenvalue weighted by Crippen LogP contribution is 2.35. The SMILES string of the molecule is c1ccc(-c2cc3c(s2)CCCC3)cc1. The third kappa shape index (κ3) is 1.72. The Kier molecular flexibility index (Phi) is 2.34. The van der Waals surface area contributed by atoms with Gasteiger partial charge in [0.05, 0.1) is 0 Å². The van der Waals surface area contributed by atoms with Crippen molar-refractivity contribution in [3.63, 3.8) is 0 Å². The van der Waals surface area contributed by atoms with Crippen LogP contribution < -0.4 is 0 Å². The van der Waals surface area contributed by atoms with Crippen LogP contribution in [0.4, 0.5) is 0 Å². The van der Waals surface area contributed by atoms with Gasteiger partial charge in [0.1, 0.15) is 0 Å². The highest BCUT2D eigenvalue weighted by molar-refractivity contribution is 7.15. The van der Waals surface area contributed by atoms with Crippen LogP contribution in [-0.4, -0.2) is 0 Å². The van der Waals surface area contributed by atoms with Gasteiger partial charge in [0.25, 0.3) is 0 Å². The number of rotatable bonds is 1. The average molecular weight is 214 g/mol. The molecule has 76 valence electrons. The Labute approximate surface area is 94.6 Å². The average Bonchev–Trinajstić information content (AvgIpc) is 2.74. The summed E-state index contributed by atoms with van der Waals surface area (Å²) in [6.07, 6.45) is 5.34. The molecule has 2 aromatic rings. The minimum Gasteiger partial charge on any atom is -0.140 e. The van der Waals surface area contributed by atoms with E-state index in [1.165, 1.54) is 36.1 Å². The molecule has 0 radical (unpaired) electrons. The predicted molar refractivity (Wildman–Crippen MR) is 66.4 cm³/mol. The highest BCUT2D eigenvalue weighted by Gasteiger charge is 2.13. The standard InChI is InChI=1S/C14H14S/c1-2-6-11(7-3-1)14-10-12-8-4-5-9-13(12)15-14/h1-3,6-7,10H,4-5,8-9H2. The molecule has 0 atom stereocenters. The zero-order valence-electron chi connectivity index (χ0n) is 8.70. The Morgan fingerprint density at radius 3 is 2.53 bits per heavy atom. The molecule has 1 aromatic heterocycles. The quantitative estimate of drug-likeness (QED) is 0.664. The fraction of sp³-hybridized carbons (Fsp3) is 0.286. The van der Waals surface area contributed by atoms with Crippen molar-refractivity contribution in [1.29, 1.82) is 0 Å². The first-order chi connectivity index (χ1) is 7.43. The van der Waals surface area contributed by atoms with E-state index in [1.54, 1.807) is 10.4 Å². The second kappa shape index (κ2) is 3.82. The lowest BCUT2D eigenvalue weighted by molar-refractivity contribution is 0.697. The summed E-state index contributed by atoms with van der Waals surface area (Å²) >= 11 is 1.99. The van der Waals surface area contributed by atoms with Gasteiger partial charge < -0.3 is 0 Å². The van der Waals surface area contributed by atoms with E-state index in [0.717, 1.165) is 0 Å². The van der Waals surface area contributed by atoms with Gasteiger partial charge in [-0.2, -0.15) is 0 Å². The number of hydrogen-bond acceptors (Lipinski definition) is 1. The summed E-state index contributed by atoms with van der Waals surface area (Å²) in [5.74, 6) is 0. The fourth-order valence-electron chi connectivity index (χ4n) is 2.24. The normalized spacial score (nSPS) is 14.9. The molecule has 1 aliphatic rings. The van der Waals surface area contributed by atoms with E-state index >= 15 is 0 Å². The molecule has 0 amide bonds. The zero-order valence-corrected chi connectivity index (χ0v) is 9.52. The van der Waals surface area contributed by atoms with Crippen LogP contribution in [0.3, 0.4) is 0 Å². The van der Waals surface area contributed by atoms with Crippen LogP contribution in [0.15, 0.2) is 36.4 Å². The van der Waals surface area contributed by atoms with E-state index in [9.17, 15) is 0 Å².